The molecule has 2 aromatic carbocycles. The van der Waals surface area contributed by atoms with E-state index in [-0.39, 0.29) is 36.4 Å². The summed E-state index contributed by atoms with van der Waals surface area (Å²) in [6.07, 6.45) is 5.16. The maximum Gasteiger partial charge on any atom is 0.245 e. The number of fused-ring (bicyclic) bond motifs is 2. The monoisotopic (exact) mass is 660 g/mol. The van der Waals surface area contributed by atoms with Crippen molar-refractivity contribution in [2.75, 3.05) is 26.7 Å². The summed E-state index contributed by atoms with van der Waals surface area (Å²) >= 11 is 0. The van der Waals surface area contributed by atoms with E-state index in [1.54, 1.807) is 0 Å². The largest absolute Gasteiger partial charge is 0.345 e. The van der Waals surface area contributed by atoms with Crippen LogP contribution in [-0.2, 0) is 32.0 Å². The van der Waals surface area contributed by atoms with Gasteiger partial charge in [-0.1, -0.05) is 74.5 Å². The van der Waals surface area contributed by atoms with E-state index in [0.717, 1.165) is 36.8 Å². The number of piperazine rings is 1. The summed E-state index contributed by atoms with van der Waals surface area (Å²) in [5.41, 5.74) is 13.9. The van der Waals surface area contributed by atoms with Crippen LogP contribution >= 0.6 is 0 Å². The SMILES string of the molecule is CC(C)CC(CC(=O)C(Cc1ccccc1)NC(=O)C(N)Cc1ccccc1)C(=O)NC(CCCCN)C(=O)N1CC2CCC(C1)N2C. The molecule has 2 aliphatic heterocycles. The van der Waals surface area contributed by atoms with Crippen LogP contribution < -0.4 is 22.1 Å². The van der Waals surface area contributed by atoms with E-state index in [4.69, 9.17) is 11.5 Å². The predicted octanol–water partition coefficient (Wildman–Crippen LogP) is 2.82. The molecule has 6 N–H and O–H groups in total. The van der Waals surface area contributed by atoms with Crippen molar-refractivity contribution in [1.29, 1.82) is 0 Å². The highest BCUT2D eigenvalue weighted by Gasteiger charge is 2.41. The fraction of sp³-hybridized carbons (Fsp3) is 0.579. The molecule has 6 unspecified atom stereocenters. The molecule has 262 valence electrons. The molecule has 6 atom stereocenters. The van der Waals surface area contributed by atoms with Crippen molar-refractivity contribution in [2.45, 2.75) is 102 Å². The van der Waals surface area contributed by atoms with Gasteiger partial charge in [-0.05, 0) is 82.0 Å². The summed E-state index contributed by atoms with van der Waals surface area (Å²) in [5.74, 6) is -1.52. The van der Waals surface area contributed by atoms with Crippen LogP contribution in [0.15, 0.2) is 60.7 Å². The molecule has 10 nitrogen and oxygen atoms in total. The Morgan fingerprint density at radius 1 is 0.812 bits per heavy atom. The van der Waals surface area contributed by atoms with Crippen molar-refractivity contribution in [3.8, 4) is 0 Å². The third-order valence-corrected chi connectivity index (χ3v) is 9.92. The van der Waals surface area contributed by atoms with Crippen molar-refractivity contribution >= 4 is 23.5 Å². The van der Waals surface area contributed by atoms with Gasteiger partial charge in [-0.15, -0.1) is 0 Å². The molecule has 2 bridgehead atoms. The smallest absolute Gasteiger partial charge is 0.245 e. The summed E-state index contributed by atoms with van der Waals surface area (Å²) in [6.45, 7) is 5.87. The zero-order chi connectivity index (χ0) is 34.6. The summed E-state index contributed by atoms with van der Waals surface area (Å²) in [7, 11) is 2.13. The van der Waals surface area contributed by atoms with Crippen LogP contribution in [0.3, 0.4) is 0 Å². The van der Waals surface area contributed by atoms with Crippen LogP contribution in [0.25, 0.3) is 0 Å². The van der Waals surface area contributed by atoms with Crippen LogP contribution in [0.1, 0.15) is 69.9 Å². The first-order valence-electron chi connectivity index (χ1n) is 17.7. The first-order chi connectivity index (χ1) is 23.0. The van der Waals surface area contributed by atoms with Crippen molar-refractivity contribution in [2.24, 2.45) is 23.3 Å². The highest BCUT2D eigenvalue weighted by atomic mass is 16.2. The summed E-state index contributed by atoms with van der Waals surface area (Å²) < 4.78 is 0. The Bertz CT molecular complexity index is 1330. The zero-order valence-electron chi connectivity index (χ0n) is 29.0. The van der Waals surface area contributed by atoms with E-state index in [1.807, 2.05) is 79.4 Å². The number of ketones is 1. The van der Waals surface area contributed by atoms with Crippen LogP contribution in [0.5, 0.6) is 0 Å². The lowest BCUT2D eigenvalue weighted by Gasteiger charge is -2.40. The maximum absolute atomic E-state index is 14.0. The van der Waals surface area contributed by atoms with Gasteiger partial charge in [-0.25, -0.2) is 0 Å². The highest BCUT2D eigenvalue weighted by molar-refractivity contribution is 5.95. The number of likely N-dealkylation sites (N-methyl/N-ethyl adjacent to an activating group) is 1. The number of nitrogens with zero attached hydrogens (tertiary/aromatic N) is 2. The van der Waals surface area contributed by atoms with Crippen LogP contribution in [0, 0.1) is 11.8 Å². The number of amides is 3. The molecule has 0 spiro atoms. The second kappa shape index (κ2) is 18.2. The number of hydrogen-bond donors (Lipinski definition) is 4. The van der Waals surface area contributed by atoms with Gasteiger partial charge in [0.05, 0.1) is 12.1 Å². The molecular formula is C38H56N6O4. The van der Waals surface area contributed by atoms with Gasteiger partial charge in [-0.2, -0.15) is 0 Å². The Morgan fingerprint density at radius 2 is 1.38 bits per heavy atom. The summed E-state index contributed by atoms with van der Waals surface area (Å²) in [5, 5.41) is 5.99. The number of rotatable bonds is 18. The number of benzene rings is 2. The van der Waals surface area contributed by atoms with Crippen molar-refractivity contribution < 1.29 is 19.2 Å². The number of unbranched alkanes of at least 4 members (excludes halogenated alkanes) is 1. The molecule has 0 aromatic heterocycles. The quantitative estimate of drug-likeness (QED) is 0.180. The minimum Gasteiger partial charge on any atom is -0.345 e. The van der Waals surface area contributed by atoms with E-state index in [0.29, 0.717) is 51.0 Å². The lowest BCUT2D eigenvalue weighted by atomic mass is 9.88. The number of nitrogens with two attached hydrogens (primary N) is 2. The maximum atomic E-state index is 14.0. The van der Waals surface area contributed by atoms with Gasteiger partial charge in [0.2, 0.25) is 17.7 Å². The minimum atomic E-state index is -0.855. The van der Waals surface area contributed by atoms with Crippen molar-refractivity contribution in [3.05, 3.63) is 71.8 Å². The molecule has 2 heterocycles. The topological polar surface area (TPSA) is 151 Å². The van der Waals surface area contributed by atoms with E-state index in [2.05, 4.69) is 22.6 Å². The van der Waals surface area contributed by atoms with Crippen LogP contribution in [-0.4, -0.2) is 90.2 Å². The average molecular weight is 661 g/mol. The summed E-state index contributed by atoms with van der Waals surface area (Å²) in [6, 6.07) is 17.4. The van der Waals surface area contributed by atoms with E-state index in [1.165, 1.54) is 0 Å². The number of carbonyl (C=O) groups is 4. The molecule has 0 aliphatic carbocycles. The fourth-order valence-electron chi connectivity index (χ4n) is 7.13. The molecule has 4 rings (SSSR count). The molecule has 3 amide bonds. The van der Waals surface area contributed by atoms with E-state index in [9.17, 15) is 19.2 Å². The van der Waals surface area contributed by atoms with Gasteiger partial charge >= 0.3 is 0 Å². The molecule has 0 radical (unpaired) electrons. The van der Waals surface area contributed by atoms with Gasteiger partial charge in [0.1, 0.15) is 6.04 Å². The minimum absolute atomic E-state index is 0.0541. The molecular weight excluding hydrogens is 604 g/mol. The molecule has 48 heavy (non-hydrogen) atoms. The van der Waals surface area contributed by atoms with Gasteiger partial charge in [0.25, 0.3) is 0 Å². The number of likely N-dealkylation sites (tertiary alicyclic amines) is 1. The first-order valence-corrected chi connectivity index (χ1v) is 17.7. The molecule has 10 heteroatoms. The Labute approximate surface area is 286 Å². The Hall–Kier alpha value is -3.60. The lowest BCUT2D eigenvalue weighted by molar-refractivity contribution is -0.140. The third-order valence-electron chi connectivity index (χ3n) is 9.92. The Kier molecular flexibility index (Phi) is 14.1. The second-order valence-corrected chi connectivity index (χ2v) is 14.2. The van der Waals surface area contributed by atoms with Gasteiger partial charge in [-0.3, -0.25) is 24.1 Å². The second-order valence-electron chi connectivity index (χ2n) is 14.2. The summed E-state index contributed by atoms with van der Waals surface area (Å²) in [4.78, 5) is 59.5. The average Bonchev–Trinajstić information content (AvgIpc) is 3.26. The van der Waals surface area contributed by atoms with E-state index < -0.39 is 30.0 Å². The molecule has 2 aliphatic rings. The van der Waals surface area contributed by atoms with Crippen molar-refractivity contribution in [3.63, 3.8) is 0 Å². The molecule has 0 saturated carbocycles. The normalized spacial score (nSPS) is 20.2. The van der Waals surface area contributed by atoms with Crippen molar-refractivity contribution in [1.82, 2.24) is 20.4 Å². The fourth-order valence-corrected chi connectivity index (χ4v) is 7.13. The number of Topliss-reactive ketones (excluding diaryl/α,β-unsaturated/α-hetero) is 1. The molecule has 2 fully saturated rings. The Morgan fingerprint density at radius 3 is 1.94 bits per heavy atom. The standard InChI is InChI=1S/C38H56N6O4/c1-26(2)20-29(36(46)41-33(16-10-11-19-39)38(48)44-24-30-17-18-31(25-44)43(30)3)23-35(45)34(22-28-14-8-5-9-15-28)42-37(47)32(40)21-27-12-6-4-7-13-27/h4-9,12-15,26,29-34H,10-11,16-25,39-40H2,1-3H3,(H,41,46)(H,42,47). The van der Waals surface area contributed by atoms with Crippen LogP contribution in [0.2, 0.25) is 0 Å². The van der Waals surface area contributed by atoms with E-state index >= 15 is 0 Å². The molecule has 2 aromatic rings. The van der Waals surface area contributed by atoms with Gasteiger partial charge < -0.3 is 27.0 Å². The number of hydrogen-bond acceptors (Lipinski definition) is 7. The van der Waals surface area contributed by atoms with Crippen LogP contribution in [0.4, 0.5) is 0 Å². The number of nitrogens with one attached hydrogen (secondary N) is 2. The Balaban J connectivity index is 1.48. The third kappa shape index (κ3) is 10.7. The lowest BCUT2D eigenvalue weighted by Crippen LogP contribution is -2.58. The first kappa shape index (κ1) is 37.2. The zero-order valence-corrected chi connectivity index (χ0v) is 29.0. The van der Waals surface area contributed by atoms with Gasteiger partial charge in [0, 0.05) is 37.5 Å². The van der Waals surface area contributed by atoms with Gasteiger partial charge in [0.15, 0.2) is 5.78 Å². The molecule has 2 saturated heterocycles. The predicted molar refractivity (Wildman–Crippen MR) is 189 cm³/mol. The highest BCUT2D eigenvalue weighted by Crippen LogP contribution is 2.29. The number of carbonyl (C=O) groups excluding carboxylic acids is 4.